The first-order valence-electron chi connectivity index (χ1n) is 15.6. The predicted octanol–water partition coefficient (Wildman–Crippen LogP) is -2.83. The largest absolute Gasteiger partial charge is 1.00 e. The minimum Gasteiger partial charge on any atom is -0.793 e. The van der Waals surface area contributed by atoms with E-state index in [0.717, 1.165) is 111 Å². The number of Topliss-reactive ketones (excluding diaryl/α,β-unsaturated/α-hetero) is 1. The molecule has 0 unspecified atom stereocenters. The van der Waals surface area contributed by atoms with Crippen LogP contribution in [0.25, 0.3) is 0 Å². The van der Waals surface area contributed by atoms with Crippen molar-refractivity contribution in [1.29, 1.82) is 0 Å². The van der Waals surface area contributed by atoms with Gasteiger partial charge in [-0.3, -0.25) is 19.4 Å². The number of hydrogen-bond acceptors (Lipinski definition) is 14. The number of nitrogens with one attached hydrogen (secondary N) is 2. The van der Waals surface area contributed by atoms with Gasteiger partial charge < -0.3 is 37.5 Å². The molecular weight excluding hydrogens is 598 g/mol. The maximum absolute atomic E-state index is 9.90. The SMILES string of the molecule is C1CC(N2CCOCC2)C1.C1CN(C2CNC2)CCO1.C1COCCN1.CC(=O)OOC(C)=O.O=C1CCC1.[B-]OC(C)=O.[Na+]. The first-order valence-corrected chi connectivity index (χ1v) is 15.6. The number of carbonyl (C=O) groups is 4. The van der Waals surface area contributed by atoms with Crippen molar-refractivity contribution >= 4 is 31.7 Å². The molecule has 0 bridgehead atoms. The molecular formula is C29H53BN4NaO10. The average molecular weight is 652 g/mol. The monoisotopic (exact) mass is 651 g/mol. The van der Waals surface area contributed by atoms with Crippen LogP contribution in [0.5, 0.6) is 0 Å². The van der Waals surface area contributed by atoms with Gasteiger partial charge in [0.15, 0.2) is 0 Å². The zero-order valence-corrected chi connectivity index (χ0v) is 29.9. The summed E-state index contributed by atoms with van der Waals surface area (Å²) in [6.45, 7) is 18.1. The van der Waals surface area contributed by atoms with Crippen molar-refractivity contribution in [2.24, 2.45) is 0 Å². The molecule has 16 heteroatoms. The fourth-order valence-electron chi connectivity index (χ4n) is 4.12. The van der Waals surface area contributed by atoms with Gasteiger partial charge in [0.05, 0.1) is 39.6 Å². The van der Waals surface area contributed by atoms with Crippen LogP contribution < -0.4 is 40.2 Å². The normalized spacial score (nSPS) is 21.1. The molecule has 4 aliphatic heterocycles. The molecule has 0 aromatic heterocycles. The molecule has 2 aliphatic carbocycles. The van der Waals surface area contributed by atoms with Gasteiger partial charge >= 0.3 is 41.5 Å². The fraction of sp³-hybridized carbons (Fsp3) is 0.862. The Bertz CT molecular complexity index is 726. The first-order chi connectivity index (χ1) is 21.2. The van der Waals surface area contributed by atoms with Crippen LogP contribution in [-0.4, -0.2) is 146 Å². The van der Waals surface area contributed by atoms with Gasteiger partial charge in [-0.25, -0.2) is 19.4 Å². The Labute approximate surface area is 291 Å². The molecule has 0 aromatic rings. The maximum Gasteiger partial charge on any atom is 1.00 e. The van der Waals surface area contributed by atoms with E-state index in [-0.39, 0.29) is 29.6 Å². The van der Waals surface area contributed by atoms with Crippen LogP contribution in [0.1, 0.15) is 59.3 Å². The van der Waals surface area contributed by atoms with Crippen LogP contribution in [0.2, 0.25) is 0 Å². The molecule has 0 amide bonds. The first kappa shape index (κ1) is 43.9. The van der Waals surface area contributed by atoms with Gasteiger partial charge in [-0.1, -0.05) is 6.42 Å². The van der Waals surface area contributed by atoms with E-state index in [4.69, 9.17) is 14.2 Å². The molecule has 3 radical (unpaired) electrons. The van der Waals surface area contributed by atoms with E-state index < -0.39 is 17.9 Å². The molecule has 2 N–H and O–H groups in total. The summed E-state index contributed by atoms with van der Waals surface area (Å²) in [6, 6.07) is 1.73. The third-order valence-corrected chi connectivity index (χ3v) is 7.16. The second kappa shape index (κ2) is 29.0. The van der Waals surface area contributed by atoms with Crippen molar-refractivity contribution in [2.75, 3.05) is 92.0 Å². The Kier molecular flexibility index (Phi) is 28.3. The molecule has 0 spiro atoms. The summed E-state index contributed by atoms with van der Waals surface area (Å²) in [5, 5.41) is 6.44. The van der Waals surface area contributed by atoms with Gasteiger partial charge in [0.2, 0.25) is 5.97 Å². The molecule has 0 atom stereocenters. The third kappa shape index (κ3) is 24.7. The summed E-state index contributed by atoms with van der Waals surface area (Å²) in [6.07, 6.45) is 7.14. The van der Waals surface area contributed by atoms with Crippen LogP contribution in [0.4, 0.5) is 0 Å². The molecule has 0 aromatic carbocycles. The van der Waals surface area contributed by atoms with Gasteiger partial charge in [-0.05, 0) is 19.3 Å². The standard InChI is InChI=1S/C8H15NO.C7H14N2O.C4H9NO.C4H6O4.C4H6O.C2H3BO2.Na/c1-2-8(3-1)9-4-6-10-7-5-9;1-3-10-4-2-9(1)7-5-8-6-7;1-3-6-4-2-5-1;1-3(5)7-8-4(2)6;5-4-2-1-3-4;1-2(4)5-3;/h8H,1-7H2;7-8H,1-6H2;5H,1-4H2;1-2H3;1-3H2;1H3;/q;;;;;-1;+1. The van der Waals surface area contributed by atoms with Crippen molar-refractivity contribution in [3.63, 3.8) is 0 Å². The number of morpholine rings is 3. The minimum absolute atomic E-state index is 0. The minimum atomic E-state index is -0.639. The Morgan fingerprint density at radius 1 is 0.689 bits per heavy atom. The second-order valence-electron chi connectivity index (χ2n) is 10.7. The van der Waals surface area contributed by atoms with E-state index in [9.17, 15) is 19.2 Å². The predicted molar refractivity (Wildman–Crippen MR) is 163 cm³/mol. The third-order valence-electron chi connectivity index (χ3n) is 7.16. The van der Waals surface area contributed by atoms with Gasteiger partial charge in [0.25, 0.3) is 0 Å². The topological polar surface area (TPSA) is 154 Å². The van der Waals surface area contributed by atoms with E-state index in [1.807, 2.05) is 0 Å². The molecule has 253 valence electrons. The van der Waals surface area contributed by atoms with Crippen LogP contribution in [0.3, 0.4) is 0 Å². The molecule has 2 saturated carbocycles. The molecule has 4 saturated heterocycles. The number of nitrogens with zero attached hydrogens (tertiary/aromatic N) is 2. The van der Waals surface area contributed by atoms with E-state index in [1.54, 1.807) is 0 Å². The van der Waals surface area contributed by atoms with Crippen molar-refractivity contribution in [1.82, 2.24) is 20.4 Å². The average Bonchev–Trinajstić information content (AvgIpc) is 2.97. The number of ketones is 1. The van der Waals surface area contributed by atoms with Crippen LogP contribution in [0.15, 0.2) is 0 Å². The number of hydrogen-bond donors (Lipinski definition) is 2. The smallest absolute Gasteiger partial charge is 0.793 e. The Balaban J connectivity index is 0.000000527. The van der Waals surface area contributed by atoms with Gasteiger partial charge in [-0.15, -0.1) is 0 Å². The molecule has 14 nitrogen and oxygen atoms in total. The maximum atomic E-state index is 9.90. The zero-order valence-electron chi connectivity index (χ0n) is 27.9. The Morgan fingerprint density at radius 2 is 1.09 bits per heavy atom. The number of rotatable bonds is 2. The number of ether oxygens (including phenoxy) is 3. The molecule has 6 rings (SSSR count). The van der Waals surface area contributed by atoms with E-state index >= 15 is 0 Å². The molecule has 6 fully saturated rings. The van der Waals surface area contributed by atoms with Crippen molar-refractivity contribution in [3.05, 3.63) is 0 Å². The summed E-state index contributed by atoms with van der Waals surface area (Å²) in [4.78, 5) is 51.8. The fourth-order valence-corrected chi connectivity index (χ4v) is 4.12. The van der Waals surface area contributed by atoms with Crippen LogP contribution in [-0.2, 0) is 47.8 Å². The molecule has 4 heterocycles. The van der Waals surface area contributed by atoms with Crippen LogP contribution in [0, 0.1) is 0 Å². The van der Waals surface area contributed by atoms with E-state index in [1.165, 1.54) is 52.4 Å². The summed E-state index contributed by atoms with van der Waals surface area (Å²) < 4.78 is 19.2. The number of carbonyl (C=O) groups excluding carboxylic acids is 4. The van der Waals surface area contributed by atoms with Gasteiger partial charge in [-0.2, -0.15) is 0 Å². The summed E-state index contributed by atoms with van der Waals surface area (Å²) >= 11 is 0. The van der Waals surface area contributed by atoms with Gasteiger partial charge in [0, 0.05) is 98.1 Å². The Morgan fingerprint density at radius 3 is 1.29 bits per heavy atom. The second-order valence-corrected chi connectivity index (χ2v) is 10.7. The summed E-state index contributed by atoms with van der Waals surface area (Å²) in [5.74, 6) is -1.31. The van der Waals surface area contributed by atoms with Crippen molar-refractivity contribution < 1.29 is 77.4 Å². The Hall–Kier alpha value is -1.14. The summed E-state index contributed by atoms with van der Waals surface area (Å²) in [5.41, 5.74) is 0. The van der Waals surface area contributed by atoms with Gasteiger partial charge in [0.1, 0.15) is 5.78 Å². The zero-order chi connectivity index (χ0) is 32.4. The van der Waals surface area contributed by atoms with Crippen molar-refractivity contribution in [3.8, 4) is 0 Å². The molecule has 6 aliphatic rings. The molecule has 45 heavy (non-hydrogen) atoms. The van der Waals surface area contributed by atoms with Crippen molar-refractivity contribution in [2.45, 2.75) is 71.4 Å². The van der Waals surface area contributed by atoms with E-state index in [2.05, 4.69) is 42.9 Å². The van der Waals surface area contributed by atoms with Crippen LogP contribution >= 0.6 is 0 Å². The van der Waals surface area contributed by atoms with E-state index in [0.29, 0.717) is 5.78 Å². The summed E-state index contributed by atoms with van der Waals surface area (Å²) in [7, 11) is 4.32. The quantitative estimate of drug-likeness (QED) is 0.179.